The number of benzene rings is 2. The van der Waals surface area contributed by atoms with E-state index in [0.29, 0.717) is 0 Å². The molecule has 4 nitrogen and oxygen atoms in total. The lowest BCUT2D eigenvalue weighted by Gasteiger charge is -2.36. The maximum atomic E-state index is 12.8. The zero-order chi connectivity index (χ0) is 18.6. The number of imidazole rings is 1. The third-order valence-corrected chi connectivity index (χ3v) is 5.64. The van der Waals surface area contributed by atoms with Crippen LogP contribution in [0.4, 0.5) is 0 Å². The average molecular weight is 361 g/mol. The van der Waals surface area contributed by atoms with E-state index in [1.807, 2.05) is 22.8 Å². The van der Waals surface area contributed by atoms with E-state index < -0.39 is 0 Å². The summed E-state index contributed by atoms with van der Waals surface area (Å²) in [4.78, 5) is 18.4. The molecular formula is C23H27N3O. The molecular weight excluding hydrogens is 334 g/mol. The van der Waals surface area contributed by atoms with Crippen LogP contribution in [0.2, 0.25) is 0 Å². The summed E-state index contributed by atoms with van der Waals surface area (Å²) in [5.74, 6) is 0. The lowest BCUT2D eigenvalue weighted by Crippen LogP contribution is -2.41. The molecule has 4 heteroatoms. The Morgan fingerprint density at radius 3 is 2.44 bits per heavy atom. The lowest BCUT2D eigenvalue weighted by atomic mass is 10.1. The number of nitrogens with one attached hydrogen (secondary N) is 1. The van der Waals surface area contributed by atoms with Crippen molar-refractivity contribution >= 4 is 0 Å². The van der Waals surface area contributed by atoms with E-state index in [1.54, 1.807) is 0 Å². The van der Waals surface area contributed by atoms with Gasteiger partial charge in [0.05, 0.1) is 11.9 Å². The van der Waals surface area contributed by atoms with Crippen molar-refractivity contribution < 1.29 is 0 Å². The van der Waals surface area contributed by atoms with E-state index in [4.69, 9.17) is 0 Å². The largest absolute Gasteiger partial charge is 0.327 e. The van der Waals surface area contributed by atoms with Gasteiger partial charge >= 0.3 is 5.69 Å². The Balaban J connectivity index is 1.60. The minimum Gasteiger partial charge on any atom is -0.305 e. The molecule has 1 saturated heterocycles. The molecule has 1 aromatic heterocycles. The minimum atomic E-state index is 0.00274. The summed E-state index contributed by atoms with van der Waals surface area (Å²) in [6, 6.07) is 20.7. The molecule has 27 heavy (non-hydrogen) atoms. The van der Waals surface area contributed by atoms with Gasteiger partial charge in [-0.1, -0.05) is 60.7 Å². The fraction of sp³-hybridized carbons (Fsp3) is 0.348. The SMILES string of the molecule is Cc1c(-c2ccccc2)[nH]c(=O)n1C1CCCCN1CCc1ccccc1. The molecule has 1 atom stereocenters. The minimum absolute atomic E-state index is 0.00274. The van der Waals surface area contributed by atoms with Crippen molar-refractivity contribution in [2.45, 2.75) is 38.8 Å². The Labute approximate surface area is 160 Å². The van der Waals surface area contributed by atoms with Gasteiger partial charge < -0.3 is 4.98 Å². The Morgan fingerprint density at radius 1 is 1.00 bits per heavy atom. The number of likely N-dealkylation sites (tertiary alicyclic amines) is 1. The van der Waals surface area contributed by atoms with Crippen molar-refractivity contribution in [3.8, 4) is 11.3 Å². The number of rotatable bonds is 5. The number of hydrogen-bond acceptors (Lipinski definition) is 2. The highest BCUT2D eigenvalue weighted by molar-refractivity contribution is 5.61. The van der Waals surface area contributed by atoms with E-state index in [-0.39, 0.29) is 11.9 Å². The van der Waals surface area contributed by atoms with Gasteiger partial charge in [-0.2, -0.15) is 0 Å². The molecule has 2 heterocycles. The summed E-state index contributed by atoms with van der Waals surface area (Å²) >= 11 is 0. The summed E-state index contributed by atoms with van der Waals surface area (Å²) in [5.41, 5.74) is 4.39. The molecule has 0 bridgehead atoms. The molecule has 0 amide bonds. The molecule has 1 aliphatic rings. The quantitative estimate of drug-likeness (QED) is 0.733. The van der Waals surface area contributed by atoms with Gasteiger partial charge in [-0.25, -0.2) is 4.79 Å². The second kappa shape index (κ2) is 7.97. The molecule has 4 rings (SSSR count). The lowest BCUT2D eigenvalue weighted by molar-refractivity contribution is 0.0926. The first-order valence-corrected chi connectivity index (χ1v) is 9.88. The van der Waals surface area contributed by atoms with E-state index in [0.717, 1.165) is 42.9 Å². The smallest absolute Gasteiger partial charge is 0.305 e. The Morgan fingerprint density at radius 2 is 1.70 bits per heavy atom. The fourth-order valence-electron chi connectivity index (χ4n) is 4.22. The second-order valence-electron chi connectivity index (χ2n) is 7.37. The predicted octanol–water partition coefficient (Wildman–Crippen LogP) is 4.38. The zero-order valence-electron chi connectivity index (χ0n) is 15.9. The van der Waals surface area contributed by atoms with Crippen LogP contribution in [0.15, 0.2) is 65.5 Å². The molecule has 1 fully saturated rings. The zero-order valence-corrected chi connectivity index (χ0v) is 15.9. The molecule has 3 aromatic rings. The number of piperidine rings is 1. The van der Waals surface area contributed by atoms with Gasteiger partial charge in [-0.15, -0.1) is 0 Å². The third kappa shape index (κ3) is 3.76. The van der Waals surface area contributed by atoms with Crippen LogP contribution in [0, 0.1) is 6.92 Å². The molecule has 0 aliphatic carbocycles. The summed E-state index contributed by atoms with van der Waals surface area (Å²) in [7, 11) is 0. The molecule has 1 aliphatic heterocycles. The summed E-state index contributed by atoms with van der Waals surface area (Å²) in [6.45, 7) is 4.09. The van der Waals surface area contributed by atoms with E-state index in [2.05, 4.69) is 59.3 Å². The number of nitrogens with zero attached hydrogens (tertiary/aromatic N) is 2. The average Bonchev–Trinajstić information content (AvgIpc) is 3.02. The van der Waals surface area contributed by atoms with Crippen LogP contribution in [0.3, 0.4) is 0 Å². The Bertz CT molecular complexity index is 927. The van der Waals surface area contributed by atoms with E-state index >= 15 is 0 Å². The molecule has 1 unspecified atom stereocenters. The number of aromatic amines is 1. The van der Waals surface area contributed by atoms with Crippen molar-refractivity contribution in [2.24, 2.45) is 0 Å². The maximum Gasteiger partial charge on any atom is 0.327 e. The molecule has 0 spiro atoms. The standard InChI is InChI=1S/C23H27N3O/c1-18-22(20-12-6-3-7-13-20)24-23(27)26(18)21-14-8-9-16-25(21)17-15-19-10-4-2-5-11-19/h2-7,10-13,21H,8-9,14-17H2,1H3,(H,24,27). The van der Waals surface area contributed by atoms with Gasteiger partial charge in [-0.3, -0.25) is 9.47 Å². The van der Waals surface area contributed by atoms with Crippen LogP contribution in [-0.4, -0.2) is 27.5 Å². The number of hydrogen-bond donors (Lipinski definition) is 1. The Kier molecular flexibility index (Phi) is 5.26. The van der Waals surface area contributed by atoms with Crippen molar-refractivity contribution in [1.82, 2.24) is 14.5 Å². The van der Waals surface area contributed by atoms with Crippen molar-refractivity contribution in [1.29, 1.82) is 0 Å². The molecule has 1 N–H and O–H groups in total. The van der Waals surface area contributed by atoms with Crippen LogP contribution in [0.25, 0.3) is 11.3 Å². The molecule has 140 valence electrons. The van der Waals surface area contributed by atoms with Crippen molar-refractivity contribution in [3.05, 3.63) is 82.4 Å². The molecule has 2 aromatic carbocycles. The van der Waals surface area contributed by atoms with Crippen molar-refractivity contribution in [3.63, 3.8) is 0 Å². The number of aromatic nitrogens is 2. The maximum absolute atomic E-state index is 12.8. The van der Waals surface area contributed by atoms with E-state index in [9.17, 15) is 4.79 Å². The first kappa shape index (κ1) is 17.8. The Hall–Kier alpha value is -2.59. The topological polar surface area (TPSA) is 41.0 Å². The third-order valence-electron chi connectivity index (χ3n) is 5.64. The van der Waals surface area contributed by atoms with Gasteiger partial charge in [0.15, 0.2) is 0 Å². The van der Waals surface area contributed by atoms with Crippen LogP contribution in [0.1, 0.15) is 36.7 Å². The number of H-pyrrole nitrogens is 1. The van der Waals surface area contributed by atoms with Crippen LogP contribution in [0.5, 0.6) is 0 Å². The molecule has 0 radical (unpaired) electrons. The normalized spacial score (nSPS) is 17.9. The van der Waals surface area contributed by atoms with E-state index in [1.165, 1.54) is 18.4 Å². The monoisotopic (exact) mass is 361 g/mol. The highest BCUT2D eigenvalue weighted by Crippen LogP contribution is 2.29. The van der Waals surface area contributed by atoms with Crippen molar-refractivity contribution in [2.75, 3.05) is 13.1 Å². The fourth-order valence-corrected chi connectivity index (χ4v) is 4.22. The highest BCUT2D eigenvalue weighted by Gasteiger charge is 2.27. The molecule has 0 saturated carbocycles. The van der Waals surface area contributed by atoms with Gasteiger partial charge in [0, 0.05) is 18.8 Å². The second-order valence-corrected chi connectivity index (χ2v) is 7.37. The predicted molar refractivity (Wildman–Crippen MR) is 110 cm³/mol. The van der Waals surface area contributed by atoms with Gasteiger partial charge in [0.2, 0.25) is 0 Å². The van der Waals surface area contributed by atoms with Gasteiger partial charge in [0.25, 0.3) is 0 Å². The summed E-state index contributed by atoms with van der Waals surface area (Å²) in [6.07, 6.45) is 4.56. The first-order chi connectivity index (χ1) is 13.2. The highest BCUT2D eigenvalue weighted by atomic mass is 16.1. The van der Waals surface area contributed by atoms with Crippen LogP contribution < -0.4 is 5.69 Å². The summed E-state index contributed by atoms with van der Waals surface area (Å²) in [5, 5.41) is 0. The summed E-state index contributed by atoms with van der Waals surface area (Å²) < 4.78 is 1.98. The van der Waals surface area contributed by atoms with Crippen LogP contribution >= 0.6 is 0 Å². The van der Waals surface area contributed by atoms with Gasteiger partial charge in [-0.05, 0) is 43.7 Å². The van der Waals surface area contributed by atoms with Crippen LogP contribution in [-0.2, 0) is 6.42 Å². The first-order valence-electron chi connectivity index (χ1n) is 9.88. The van der Waals surface area contributed by atoms with Gasteiger partial charge in [0.1, 0.15) is 0 Å².